The Bertz CT molecular complexity index is 1000. The van der Waals surface area contributed by atoms with Crippen LogP contribution in [-0.2, 0) is 16.1 Å². The van der Waals surface area contributed by atoms with Crippen LogP contribution in [-0.4, -0.2) is 27.2 Å². The Kier molecular flexibility index (Phi) is 4.28. The van der Waals surface area contributed by atoms with Crippen molar-refractivity contribution in [2.24, 2.45) is 0 Å². The molecule has 124 valence electrons. The second-order valence-electron chi connectivity index (χ2n) is 5.52. The van der Waals surface area contributed by atoms with Crippen molar-refractivity contribution in [3.63, 3.8) is 0 Å². The molecule has 0 N–H and O–H groups in total. The van der Waals surface area contributed by atoms with Crippen LogP contribution in [0, 0.1) is 13.8 Å². The quantitative estimate of drug-likeness (QED) is 0.510. The highest BCUT2D eigenvalue weighted by molar-refractivity contribution is 9.10. The molecule has 0 bridgehead atoms. The molecule has 2 aromatic heterocycles. The molecule has 2 heterocycles. The number of hydrogen-bond acceptors (Lipinski definition) is 4. The standard InChI is InChI=1S/C17H16BrN3O3/c1-10-5-4-6-12-16(10)21(13-8-19-14(18)7-11(13)2)17(23)20(12)9-15(22)24-3/h4-8H,9H2,1-3H3. The number of pyridine rings is 1. The van der Waals surface area contributed by atoms with Gasteiger partial charge in [0.25, 0.3) is 0 Å². The number of ether oxygens (including phenoxy) is 1. The summed E-state index contributed by atoms with van der Waals surface area (Å²) in [4.78, 5) is 29.0. The van der Waals surface area contributed by atoms with Crippen molar-refractivity contribution in [1.29, 1.82) is 0 Å². The van der Waals surface area contributed by atoms with E-state index < -0.39 is 5.97 Å². The van der Waals surface area contributed by atoms with E-state index in [4.69, 9.17) is 4.74 Å². The lowest BCUT2D eigenvalue weighted by molar-refractivity contribution is -0.141. The lowest BCUT2D eigenvalue weighted by atomic mass is 10.2. The smallest absolute Gasteiger partial charge is 0.334 e. The van der Waals surface area contributed by atoms with E-state index >= 15 is 0 Å². The van der Waals surface area contributed by atoms with Gasteiger partial charge in [-0.3, -0.25) is 13.9 Å². The molecule has 0 aliphatic carbocycles. The van der Waals surface area contributed by atoms with Gasteiger partial charge in [-0.2, -0.15) is 0 Å². The lowest BCUT2D eigenvalue weighted by Crippen LogP contribution is -2.27. The van der Waals surface area contributed by atoms with Crippen molar-refractivity contribution in [2.75, 3.05) is 7.11 Å². The minimum absolute atomic E-state index is 0.134. The van der Waals surface area contributed by atoms with E-state index in [1.807, 2.05) is 38.1 Å². The number of imidazole rings is 1. The fourth-order valence-corrected chi connectivity index (χ4v) is 3.24. The van der Waals surface area contributed by atoms with Gasteiger partial charge in [-0.1, -0.05) is 12.1 Å². The van der Waals surface area contributed by atoms with Gasteiger partial charge >= 0.3 is 11.7 Å². The summed E-state index contributed by atoms with van der Waals surface area (Å²) in [5.41, 5.74) is 3.68. The van der Waals surface area contributed by atoms with E-state index in [0.29, 0.717) is 15.8 Å². The molecule has 0 saturated carbocycles. The highest BCUT2D eigenvalue weighted by Crippen LogP contribution is 2.24. The number of fused-ring (bicyclic) bond motifs is 1. The van der Waals surface area contributed by atoms with Crippen molar-refractivity contribution in [1.82, 2.24) is 14.1 Å². The number of carbonyl (C=O) groups excluding carboxylic acids is 1. The summed E-state index contributed by atoms with van der Waals surface area (Å²) in [5, 5.41) is 0. The van der Waals surface area contributed by atoms with E-state index in [1.54, 1.807) is 10.8 Å². The lowest BCUT2D eigenvalue weighted by Gasteiger charge is -2.08. The molecular weight excluding hydrogens is 374 g/mol. The van der Waals surface area contributed by atoms with Gasteiger partial charge in [-0.05, 0) is 53.0 Å². The molecule has 0 aliphatic rings. The SMILES string of the molecule is COC(=O)Cn1c(=O)n(-c2cnc(Br)cc2C)c2c(C)cccc21. The number of esters is 1. The fourth-order valence-electron chi connectivity index (χ4n) is 2.79. The van der Waals surface area contributed by atoms with Gasteiger partial charge < -0.3 is 4.74 Å². The molecule has 7 heteroatoms. The van der Waals surface area contributed by atoms with E-state index in [1.165, 1.54) is 11.7 Å². The van der Waals surface area contributed by atoms with Crippen LogP contribution in [0.25, 0.3) is 16.7 Å². The average Bonchev–Trinajstić information content (AvgIpc) is 2.81. The predicted molar refractivity (Wildman–Crippen MR) is 94.5 cm³/mol. The first-order valence-electron chi connectivity index (χ1n) is 7.34. The minimum atomic E-state index is -0.469. The van der Waals surface area contributed by atoms with E-state index in [2.05, 4.69) is 20.9 Å². The van der Waals surface area contributed by atoms with Gasteiger partial charge in [0.15, 0.2) is 0 Å². The number of carbonyl (C=O) groups is 1. The number of benzene rings is 1. The predicted octanol–water partition coefficient (Wildman–Crippen LogP) is 2.74. The summed E-state index contributed by atoms with van der Waals surface area (Å²) < 4.78 is 8.44. The molecule has 0 unspecified atom stereocenters. The van der Waals surface area contributed by atoms with Crippen molar-refractivity contribution < 1.29 is 9.53 Å². The van der Waals surface area contributed by atoms with Crippen LogP contribution in [0.3, 0.4) is 0 Å². The first-order chi connectivity index (χ1) is 11.4. The summed E-state index contributed by atoms with van der Waals surface area (Å²) in [6.45, 7) is 3.71. The Morgan fingerprint density at radius 1 is 1.29 bits per heavy atom. The summed E-state index contributed by atoms with van der Waals surface area (Å²) >= 11 is 3.33. The third kappa shape index (κ3) is 2.65. The molecule has 24 heavy (non-hydrogen) atoms. The molecule has 0 radical (unpaired) electrons. The minimum Gasteiger partial charge on any atom is -0.468 e. The van der Waals surface area contributed by atoms with Gasteiger partial charge in [0.05, 0.1) is 30.0 Å². The molecule has 0 amide bonds. The Balaban J connectivity index is 2.38. The van der Waals surface area contributed by atoms with Gasteiger partial charge in [-0.15, -0.1) is 0 Å². The molecule has 3 aromatic rings. The number of halogens is 1. The van der Waals surface area contributed by atoms with Crippen LogP contribution in [0.5, 0.6) is 0 Å². The maximum absolute atomic E-state index is 13.0. The van der Waals surface area contributed by atoms with Crippen molar-refractivity contribution in [3.8, 4) is 5.69 Å². The third-order valence-electron chi connectivity index (χ3n) is 3.96. The molecule has 0 saturated heterocycles. The van der Waals surface area contributed by atoms with E-state index in [0.717, 1.165) is 16.6 Å². The summed E-state index contributed by atoms with van der Waals surface area (Å²) in [6.07, 6.45) is 1.65. The van der Waals surface area contributed by atoms with Gasteiger partial charge in [-0.25, -0.2) is 9.78 Å². The topological polar surface area (TPSA) is 66.1 Å². The zero-order chi connectivity index (χ0) is 17.4. The van der Waals surface area contributed by atoms with Crippen LogP contribution >= 0.6 is 15.9 Å². The molecule has 3 rings (SSSR count). The molecule has 0 aliphatic heterocycles. The maximum Gasteiger partial charge on any atom is 0.334 e. The van der Waals surface area contributed by atoms with Crippen molar-refractivity contribution in [2.45, 2.75) is 20.4 Å². The van der Waals surface area contributed by atoms with E-state index in [9.17, 15) is 9.59 Å². The largest absolute Gasteiger partial charge is 0.468 e. The van der Waals surface area contributed by atoms with Gasteiger partial charge in [0, 0.05) is 0 Å². The van der Waals surface area contributed by atoms with Gasteiger partial charge in [0.1, 0.15) is 11.1 Å². The van der Waals surface area contributed by atoms with Gasteiger partial charge in [0.2, 0.25) is 0 Å². The first-order valence-corrected chi connectivity index (χ1v) is 8.13. The van der Waals surface area contributed by atoms with Crippen LogP contribution in [0.2, 0.25) is 0 Å². The molecule has 6 nitrogen and oxygen atoms in total. The average molecular weight is 390 g/mol. The molecule has 0 atom stereocenters. The summed E-state index contributed by atoms with van der Waals surface area (Å²) in [6, 6.07) is 7.47. The van der Waals surface area contributed by atoms with Crippen molar-refractivity contribution >= 4 is 32.9 Å². The third-order valence-corrected chi connectivity index (χ3v) is 4.39. The highest BCUT2D eigenvalue weighted by Gasteiger charge is 2.19. The Hall–Kier alpha value is -2.41. The van der Waals surface area contributed by atoms with Crippen LogP contribution in [0.1, 0.15) is 11.1 Å². The number of aryl methyl sites for hydroxylation is 2. The molecule has 0 fully saturated rings. The first kappa shape index (κ1) is 16.4. The highest BCUT2D eigenvalue weighted by atomic mass is 79.9. The fraction of sp³-hybridized carbons (Fsp3) is 0.235. The number of rotatable bonds is 3. The molecule has 1 aromatic carbocycles. The van der Waals surface area contributed by atoms with Crippen molar-refractivity contribution in [3.05, 3.63) is 56.7 Å². The number of para-hydroxylation sites is 1. The number of methoxy groups -OCH3 is 1. The van der Waals surface area contributed by atoms with Crippen LogP contribution < -0.4 is 5.69 Å². The Morgan fingerprint density at radius 3 is 2.71 bits per heavy atom. The van der Waals surface area contributed by atoms with Crippen LogP contribution in [0.15, 0.2) is 39.9 Å². The summed E-state index contributed by atoms with van der Waals surface area (Å²) in [7, 11) is 1.31. The second kappa shape index (κ2) is 6.24. The Labute approximate surface area is 146 Å². The number of nitrogens with zero attached hydrogens (tertiary/aromatic N) is 3. The normalized spacial score (nSPS) is 11.0. The summed E-state index contributed by atoms with van der Waals surface area (Å²) in [5.74, 6) is -0.469. The molecular formula is C17H16BrN3O3. The number of hydrogen-bond donors (Lipinski definition) is 0. The molecule has 0 spiro atoms. The zero-order valence-corrected chi connectivity index (χ0v) is 15.1. The van der Waals surface area contributed by atoms with E-state index in [-0.39, 0.29) is 12.2 Å². The van der Waals surface area contributed by atoms with Crippen LogP contribution in [0.4, 0.5) is 0 Å². The Morgan fingerprint density at radius 2 is 2.04 bits per heavy atom. The zero-order valence-electron chi connectivity index (χ0n) is 13.5. The second-order valence-corrected chi connectivity index (χ2v) is 6.33. The number of aromatic nitrogens is 3. The monoisotopic (exact) mass is 389 g/mol. The maximum atomic E-state index is 13.0.